The normalized spacial score (nSPS) is 14.9. The van der Waals surface area contributed by atoms with Crippen molar-refractivity contribution in [3.8, 4) is 0 Å². The molecule has 1 aliphatic rings. The third-order valence-corrected chi connectivity index (χ3v) is 3.55. The van der Waals surface area contributed by atoms with E-state index in [1.54, 1.807) is 24.3 Å². The Bertz CT molecular complexity index is 567. The van der Waals surface area contributed by atoms with Gasteiger partial charge in [0.1, 0.15) is 0 Å². The molecule has 2 N–H and O–H groups in total. The molecule has 0 saturated heterocycles. The molecule has 0 fully saturated rings. The van der Waals surface area contributed by atoms with Crippen LogP contribution in [0.15, 0.2) is 35.9 Å². The molecule has 1 aliphatic heterocycles. The highest BCUT2D eigenvalue weighted by molar-refractivity contribution is 5.92. The Hall–Kier alpha value is -2.34. The average Bonchev–Trinajstić information content (AvgIpc) is 2.54. The van der Waals surface area contributed by atoms with Gasteiger partial charge in [0, 0.05) is 25.3 Å². The van der Waals surface area contributed by atoms with Crippen molar-refractivity contribution in [3.63, 3.8) is 0 Å². The van der Waals surface area contributed by atoms with Crippen molar-refractivity contribution in [2.45, 2.75) is 6.42 Å². The summed E-state index contributed by atoms with van der Waals surface area (Å²) in [5, 5.41) is 5.57. The number of ether oxygens (including phenoxy) is 1. The van der Waals surface area contributed by atoms with Crippen molar-refractivity contribution < 1.29 is 14.3 Å². The third-order valence-electron chi connectivity index (χ3n) is 3.55. The summed E-state index contributed by atoms with van der Waals surface area (Å²) in [7, 11) is 3.41. The van der Waals surface area contributed by atoms with E-state index in [0.717, 1.165) is 19.5 Å². The molecule has 0 spiro atoms. The summed E-state index contributed by atoms with van der Waals surface area (Å²) < 4.78 is 4.62. The highest BCUT2D eigenvalue weighted by atomic mass is 16.5. The first kappa shape index (κ1) is 16.0. The summed E-state index contributed by atoms with van der Waals surface area (Å²) in [5.41, 5.74) is 2.32. The molecule has 118 valence electrons. The van der Waals surface area contributed by atoms with Crippen LogP contribution in [0.25, 0.3) is 0 Å². The highest BCUT2D eigenvalue weighted by Gasteiger charge is 2.09. The maximum Gasteiger partial charge on any atom is 0.337 e. The molecule has 0 radical (unpaired) electrons. The Morgan fingerprint density at radius 1 is 1.27 bits per heavy atom. The van der Waals surface area contributed by atoms with Crippen LogP contribution in [0, 0.1) is 0 Å². The van der Waals surface area contributed by atoms with Crippen molar-refractivity contribution in [1.29, 1.82) is 0 Å². The molecule has 6 nitrogen and oxygen atoms in total. The minimum atomic E-state index is -0.398. The summed E-state index contributed by atoms with van der Waals surface area (Å²) in [6, 6.07) is 6.30. The third kappa shape index (κ3) is 4.60. The van der Waals surface area contributed by atoms with Crippen LogP contribution in [-0.4, -0.2) is 50.7 Å². The number of nitrogens with one attached hydrogen (secondary N) is 2. The number of carbonyl (C=O) groups is 2. The Morgan fingerprint density at radius 2 is 2.00 bits per heavy atom. The molecule has 0 unspecified atom stereocenters. The number of amides is 2. The van der Waals surface area contributed by atoms with Gasteiger partial charge >= 0.3 is 12.0 Å². The van der Waals surface area contributed by atoms with Gasteiger partial charge in [0.25, 0.3) is 0 Å². The number of benzene rings is 1. The van der Waals surface area contributed by atoms with Gasteiger partial charge < -0.3 is 20.3 Å². The lowest BCUT2D eigenvalue weighted by Crippen LogP contribution is -2.33. The maximum atomic E-state index is 11.8. The maximum absolute atomic E-state index is 11.8. The fourth-order valence-corrected chi connectivity index (χ4v) is 2.15. The Kier molecular flexibility index (Phi) is 5.55. The Morgan fingerprint density at radius 3 is 2.59 bits per heavy atom. The van der Waals surface area contributed by atoms with E-state index in [2.05, 4.69) is 33.4 Å². The van der Waals surface area contributed by atoms with Crippen molar-refractivity contribution in [3.05, 3.63) is 41.5 Å². The van der Waals surface area contributed by atoms with Crippen molar-refractivity contribution >= 4 is 17.7 Å². The number of hydrogen-bond donors (Lipinski definition) is 2. The topological polar surface area (TPSA) is 70.7 Å². The van der Waals surface area contributed by atoms with Gasteiger partial charge in [0.15, 0.2) is 0 Å². The number of carbonyl (C=O) groups excluding carboxylic acids is 2. The molecule has 0 bridgehead atoms. The number of hydrogen-bond acceptors (Lipinski definition) is 4. The van der Waals surface area contributed by atoms with E-state index in [1.807, 2.05) is 0 Å². The van der Waals surface area contributed by atoms with E-state index in [0.29, 0.717) is 17.8 Å². The van der Waals surface area contributed by atoms with Crippen LogP contribution in [0.5, 0.6) is 0 Å². The van der Waals surface area contributed by atoms with E-state index in [-0.39, 0.29) is 6.03 Å². The quantitative estimate of drug-likeness (QED) is 0.658. The van der Waals surface area contributed by atoms with Gasteiger partial charge in [0.2, 0.25) is 0 Å². The van der Waals surface area contributed by atoms with Crippen molar-refractivity contribution in [2.75, 3.05) is 39.1 Å². The predicted molar refractivity (Wildman–Crippen MR) is 85.0 cm³/mol. The molecule has 1 aromatic rings. The number of esters is 1. The Labute approximate surface area is 130 Å². The second-order valence-electron chi connectivity index (χ2n) is 5.25. The predicted octanol–water partition coefficient (Wildman–Crippen LogP) is 1.86. The molecule has 1 aromatic carbocycles. The smallest absolute Gasteiger partial charge is 0.337 e. The van der Waals surface area contributed by atoms with E-state index in [1.165, 1.54) is 12.7 Å². The van der Waals surface area contributed by atoms with Gasteiger partial charge in [-0.1, -0.05) is 11.6 Å². The molecule has 0 aromatic heterocycles. The van der Waals surface area contributed by atoms with Gasteiger partial charge in [-0.2, -0.15) is 0 Å². The van der Waals surface area contributed by atoms with Crippen molar-refractivity contribution in [1.82, 2.24) is 10.2 Å². The van der Waals surface area contributed by atoms with Crippen LogP contribution >= 0.6 is 0 Å². The van der Waals surface area contributed by atoms with Gasteiger partial charge in [-0.3, -0.25) is 0 Å². The summed E-state index contributed by atoms with van der Waals surface area (Å²) in [6.45, 7) is 2.50. The molecule has 1 heterocycles. The lowest BCUT2D eigenvalue weighted by molar-refractivity contribution is 0.0601. The minimum Gasteiger partial charge on any atom is -0.465 e. The fourth-order valence-electron chi connectivity index (χ4n) is 2.15. The van der Waals surface area contributed by atoms with Gasteiger partial charge in [-0.05, 0) is 37.7 Å². The number of methoxy groups -OCH3 is 1. The first-order valence-electron chi connectivity index (χ1n) is 7.18. The van der Waals surface area contributed by atoms with Crippen LogP contribution in [-0.2, 0) is 4.74 Å². The van der Waals surface area contributed by atoms with Crippen LogP contribution in [0.1, 0.15) is 16.8 Å². The average molecular weight is 303 g/mol. The van der Waals surface area contributed by atoms with Crippen LogP contribution < -0.4 is 10.6 Å². The van der Waals surface area contributed by atoms with E-state index in [9.17, 15) is 9.59 Å². The summed E-state index contributed by atoms with van der Waals surface area (Å²) in [6.07, 6.45) is 3.12. The fraction of sp³-hybridized carbons (Fsp3) is 0.375. The standard InChI is InChI=1S/C16H21N3O3/c1-19-9-7-12(8-10-19)11-17-16(21)18-14-5-3-13(4-6-14)15(20)22-2/h3-7H,8-11H2,1-2H3,(H2,17,18,21). The monoisotopic (exact) mass is 303 g/mol. The van der Waals surface area contributed by atoms with Crippen LogP contribution in [0.2, 0.25) is 0 Å². The molecular weight excluding hydrogens is 282 g/mol. The molecule has 0 saturated carbocycles. The highest BCUT2D eigenvalue weighted by Crippen LogP contribution is 2.11. The second kappa shape index (κ2) is 7.61. The van der Waals surface area contributed by atoms with E-state index in [4.69, 9.17) is 0 Å². The lowest BCUT2D eigenvalue weighted by atomic mass is 10.1. The lowest BCUT2D eigenvalue weighted by Gasteiger charge is -2.22. The molecule has 2 rings (SSSR count). The first-order chi connectivity index (χ1) is 10.6. The molecule has 0 atom stereocenters. The molecule has 22 heavy (non-hydrogen) atoms. The minimum absolute atomic E-state index is 0.259. The van der Waals surface area contributed by atoms with Gasteiger partial charge in [-0.15, -0.1) is 0 Å². The molecule has 6 heteroatoms. The van der Waals surface area contributed by atoms with Crippen molar-refractivity contribution in [2.24, 2.45) is 0 Å². The molecule has 0 aliphatic carbocycles. The largest absolute Gasteiger partial charge is 0.465 e. The van der Waals surface area contributed by atoms with Crippen LogP contribution in [0.4, 0.5) is 10.5 Å². The zero-order valence-corrected chi connectivity index (χ0v) is 12.9. The first-order valence-corrected chi connectivity index (χ1v) is 7.18. The summed E-state index contributed by atoms with van der Waals surface area (Å²) in [5.74, 6) is -0.398. The summed E-state index contributed by atoms with van der Waals surface area (Å²) >= 11 is 0. The van der Waals surface area contributed by atoms with Crippen LogP contribution in [0.3, 0.4) is 0 Å². The van der Waals surface area contributed by atoms with Gasteiger partial charge in [-0.25, -0.2) is 9.59 Å². The summed E-state index contributed by atoms with van der Waals surface area (Å²) in [4.78, 5) is 25.4. The van der Waals surface area contributed by atoms with Gasteiger partial charge in [0.05, 0.1) is 12.7 Å². The molecule has 2 amide bonds. The number of anilines is 1. The zero-order chi connectivity index (χ0) is 15.9. The second-order valence-corrected chi connectivity index (χ2v) is 5.25. The zero-order valence-electron chi connectivity index (χ0n) is 12.9. The number of urea groups is 1. The number of likely N-dealkylation sites (N-methyl/N-ethyl adjacent to an activating group) is 1. The SMILES string of the molecule is COC(=O)c1ccc(NC(=O)NCC2=CCN(C)CC2)cc1. The van der Waals surface area contributed by atoms with E-state index < -0.39 is 5.97 Å². The number of nitrogens with zero attached hydrogens (tertiary/aromatic N) is 1. The molecular formula is C16H21N3O3. The Balaban J connectivity index is 1.80. The number of rotatable bonds is 4. The van der Waals surface area contributed by atoms with E-state index >= 15 is 0 Å².